The van der Waals surface area contributed by atoms with Gasteiger partial charge in [-0.2, -0.15) is 4.72 Å². The van der Waals surface area contributed by atoms with Crippen LogP contribution in [-0.2, 0) is 21.2 Å². The summed E-state index contributed by atoms with van der Waals surface area (Å²) in [5.41, 5.74) is 0.441. The topological polar surface area (TPSA) is 147 Å². The average Bonchev–Trinajstić information content (AvgIpc) is 2.55. The van der Waals surface area contributed by atoms with Crippen LogP contribution in [0.5, 0.6) is 5.75 Å². The van der Waals surface area contributed by atoms with Gasteiger partial charge in [0.15, 0.2) is 5.75 Å². The summed E-state index contributed by atoms with van der Waals surface area (Å²) in [4.78, 5) is 21.4. The number of hydrogen-bond acceptors (Lipinski definition) is 6. The number of benzene rings is 2. The lowest BCUT2D eigenvalue weighted by atomic mass is 10.1. The minimum Gasteiger partial charge on any atom is -0.502 e. The van der Waals surface area contributed by atoms with Crippen LogP contribution in [0.25, 0.3) is 0 Å². The van der Waals surface area contributed by atoms with Crippen LogP contribution in [0.3, 0.4) is 0 Å². The zero-order valence-corrected chi connectivity index (χ0v) is 14.4. The first-order valence-corrected chi connectivity index (χ1v) is 8.86. The average molecular weight is 380 g/mol. The van der Waals surface area contributed by atoms with Crippen molar-refractivity contribution in [3.8, 4) is 5.75 Å². The van der Waals surface area contributed by atoms with E-state index in [0.29, 0.717) is 0 Å². The van der Waals surface area contributed by atoms with Crippen molar-refractivity contribution in [1.29, 1.82) is 0 Å². The predicted octanol–water partition coefficient (Wildman–Crippen LogP) is 1.58. The van der Waals surface area contributed by atoms with Gasteiger partial charge in [-0.15, -0.1) is 0 Å². The minimum atomic E-state index is -4.09. The van der Waals surface area contributed by atoms with E-state index in [2.05, 4.69) is 4.72 Å². The molecule has 0 saturated carbocycles. The number of nitro benzene ring substituents is 1. The van der Waals surface area contributed by atoms with Crippen molar-refractivity contribution in [3.05, 3.63) is 63.7 Å². The second-order valence-electron chi connectivity index (χ2n) is 5.61. The van der Waals surface area contributed by atoms with Crippen molar-refractivity contribution in [3.63, 3.8) is 0 Å². The van der Waals surface area contributed by atoms with E-state index < -0.39 is 38.4 Å². The van der Waals surface area contributed by atoms with Gasteiger partial charge < -0.3 is 10.2 Å². The number of nitrogens with one attached hydrogen (secondary N) is 1. The van der Waals surface area contributed by atoms with Gasteiger partial charge in [0.2, 0.25) is 10.0 Å². The highest BCUT2D eigenvalue weighted by Gasteiger charge is 2.26. The fourth-order valence-corrected chi connectivity index (χ4v) is 3.42. The summed E-state index contributed by atoms with van der Waals surface area (Å²) in [6, 6.07) is 7.67. The summed E-state index contributed by atoms with van der Waals surface area (Å²) >= 11 is 0. The van der Waals surface area contributed by atoms with Crippen molar-refractivity contribution in [2.24, 2.45) is 0 Å². The molecule has 0 radical (unpaired) electrons. The van der Waals surface area contributed by atoms with Crippen LogP contribution >= 0.6 is 0 Å². The fraction of sp³-hybridized carbons (Fsp3) is 0.188. The van der Waals surface area contributed by atoms with E-state index in [-0.39, 0.29) is 16.9 Å². The minimum absolute atomic E-state index is 0.0916. The van der Waals surface area contributed by atoms with Crippen molar-refractivity contribution in [2.75, 3.05) is 0 Å². The molecule has 0 bridgehead atoms. The third-order valence-corrected chi connectivity index (χ3v) is 5.09. The van der Waals surface area contributed by atoms with Crippen LogP contribution in [0, 0.1) is 17.0 Å². The maximum absolute atomic E-state index is 12.4. The van der Waals surface area contributed by atoms with Crippen LogP contribution in [0.1, 0.15) is 11.1 Å². The van der Waals surface area contributed by atoms with Crippen LogP contribution in [0.2, 0.25) is 0 Å². The second kappa shape index (κ2) is 7.50. The lowest BCUT2D eigenvalue weighted by Gasteiger charge is -2.15. The number of nitrogens with zero attached hydrogens (tertiary/aromatic N) is 1. The summed E-state index contributed by atoms with van der Waals surface area (Å²) in [5.74, 6) is -2.00. The molecular formula is C16H16N2O7S. The van der Waals surface area contributed by atoms with E-state index >= 15 is 0 Å². The molecule has 2 rings (SSSR count). The Hall–Kier alpha value is -2.98. The number of aromatic hydroxyl groups is 1. The van der Waals surface area contributed by atoms with Crippen molar-refractivity contribution < 1.29 is 28.3 Å². The van der Waals surface area contributed by atoms with Crippen molar-refractivity contribution in [1.82, 2.24) is 4.72 Å². The summed E-state index contributed by atoms with van der Waals surface area (Å²) in [6.07, 6.45) is -0.332. The van der Waals surface area contributed by atoms with Crippen LogP contribution in [0.4, 0.5) is 5.69 Å². The van der Waals surface area contributed by atoms with E-state index in [1.54, 1.807) is 19.1 Å². The first kappa shape index (κ1) is 19.3. The summed E-state index contributed by atoms with van der Waals surface area (Å²) in [6.45, 7) is 1.78. The van der Waals surface area contributed by atoms with Crippen molar-refractivity contribution in [2.45, 2.75) is 24.3 Å². The second-order valence-corrected chi connectivity index (χ2v) is 7.32. The highest BCUT2D eigenvalue weighted by atomic mass is 32.2. The van der Waals surface area contributed by atoms with Gasteiger partial charge in [0.1, 0.15) is 6.04 Å². The van der Waals surface area contributed by atoms with Crippen LogP contribution in [-0.4, -0.2) is 35.6 Å². The van der Waals surface area contributed by atoms with Crippen LogP contribution < -0.4 is 4.72 Å². The SMILES string of the molecule is Cc1ccc(S(=O)(=O)NC(Cc2ccc(O)c([N+](=O)[O-])c2)C(=O)O)cc1. The monoisotopic (exact) mass is 380 g/mol. The maximum atomic E-state index is 12.4. The molecule has 0 fully saturated rings. The number of nitro groups is 1. The van der Waals surface area contributed by atoms with E-state index in [4.69, 9.17) is 0 Å². The highest BCUT2D eigenvalue weighted by Crippen LogP contribution is 2.27. The molecule has 10 heteroatoms. The highest BCUT2D eigenvalue weighted by molar-refractivity contribution is 7.89. The standard InChI is InChI=1S/C16H16N2O7S/c1-10-2-5-12(6-3-10)26(24,25)17-13(16(20)21)8-11-4-7-15(19)14(9-11)18(22)23/h2-7,9,13,17,19H,8H2,1H3,(H,20,21). The molecule has 0 spiro atoms. The van der Waals surface area contributed by atoms with Gasteiger partial charge >= 0.3 is 11.7 Å². The molecule has 1 unspecified atom stereocenters. The molecular weight excluding hydrogens is 364 g/mol. The molecule has 138 valence electrons. The predicted molar refractivity (Wildman–Crippen MR) is 91.4 cm³/mol. The van der Waals surface area contributed by atoms with Gasteiger partial charge in [0.05, 0.1) is 9.82 Å². The molecule has 0 aliphatic rings. The number of sulfonamides is 1. The number of hydrogen-bond donors (Lipinski definition) is 3. The quantitative estimate of drug-likeness (QED) is 0.488. The van der Waals surface area contributed by atoms with E-state index in [1.807, 2.05) is 0 Å². The number of phenolic OH excluding ortho intramolecular Hbond substituents is 1. The number of aryl methyl sites for hydroxylation is 1. The molecule has 2 aromatic rings. The van der Waals surface area contributed by atoms with E-state index in [9.17, 15) is 33.5 Å². The Morgan fingerprint density at radius 3 is 2.38 bits per heavy atom. The number of aliphatic carboxylic acids is 1. The Kier molecular flexibility index (Phi) is 5.58. The molecule has 2 aromatic carbocycles. The van der Waals surface area contributed by atoms with Crippen LogP contribution in [0.15, 0.2) is 47.4 Å². The Balaban J connectivity index is 2.27. The largest absolute Gasteiger partial charge is 0.502 e. The third-order valence-electron chi connectivity index (χ3n) is 3.60. The Bertz CT molecular complexity index is 940. The molecule has 0 heterocycles. The smallest absolute Gasteiger partial charge is 0.322 e. The van der Waals surface area contributed by atoms with Gasteiger partial charge in [0, 0.05) is 6.07 Å². The molecule has 0 aliphatic heterocycles. The molecule has 1 atom stereocenters. The number of rotatable bonds is 7. The Morgan fingerprint density at radius 1 is 1.23 bits per heavy atom. The van der Waals surface area contributed by atoms with E-state index in [1.165, 1.54) is 18.2 Å². The lowest BCUT2D eigenvalue weighted by molar-refractivity contribution is -0.385. The zero-order valence-electron chi connectivity index (χ0n) is 13.6. The summed E-state index contributed by atoms with van der Waals surface area (Å²) in [7, 11) is -4.09. The first-order valence-electron chi connectivity index (χ1n) is 7.38. The Morgan fingerprint density at radius 2 is 1.85 bits per heavy atom. The number of carbonyl (C=O) groups is 1. The van der Waals surface area contributed by atoms with Crippen molar-refractivity contribution >= 4 is 21.7 Å². The summed E-state index contributed by atoms with van der Waals surface area (Å²) < 4.78 is 26.8. The molecule has 0 amide bonds. The molecule has 3 N–H and O–H groups in total. The molecule has 26 heavy (non-hydrogen) atoms. The maximum Gasteiger partial charge on any atom is 0.322 e. The van der Waals surface area contributed by atoms with Gasteiger partial charge in [0.25, 0.3) is 0 Å². The zero-order chi connectivity index (χ0) is 19.5. The Labute approximate surface area is 149 Å². The fourth-order valence-electron chi connectivity index (χ4n) is 2.23. The number of phenols is 1. The normalized spacial score (nSPS) is 12.5. The molecule has 9 nitrogen and oxygen atoms in total. The lowest BCUT2D eigenvalue weighted by Crippen LogP contribution is -2.42. The van der Waals surface area contributed by atoms with Gasteiger partial charge in [-0.3, -0.25) is 14.9 Å². The molecule has 0 aromatic heterocycles. The van der Waals surface area contributed by atoms with Gasteiger partial charge in [-0.25, -0.2) is 8.42 Å². The first-order chi connectivity index (χ1) is 12.1. The van der Waals surface area contributed by atoms with E-state index in [0.717, 1.165) is 17.7 Å². The van der Waals surface area contributed by atoms with Gasteiger partial charge in [-0.1, -0.05) is 23.8 Å². The van der Waals surface area contributed by atoms with Gasteiger partial charge in [-0.05, 0) is 37.1 Å². The number of carboxylic acids is 1. The molecule has 0 aliphatic carbocycles. The third kappa shape index (κ3) is 4.55. The molecule has 0 saturated heterocycles. The number of carboxylic acid groups (broad SMARTS) is 1. The summed E-state index contributed by atoms with van der Waals surface area (Å²) in [5, 5.41) is 29.6.